The Labute approximate surface area is 127 Å². The van der Waals surface area contributed by atoms with Gasteiger partial charge in [0.15, 0.2) is 0 Å². The van der Waals surface area contributed by atoms with E-state index in [1.807, 2.05) is 29.8 Å². The Morgan fingerprint density at radius 3 is 2.77 bits per heavy atom. The molecule has 0 aliphatic carbocycles. The molecule has 0 atom stereocenters. The number of aryl methyl sites for hydroxylation is 1. The number of carbonyl (C=O) groups excluding carboxylic acids is 1. The van der Waals surface area contributed by atoms with Crippen molar-refractivity contribution in [3.63, 3.8) is 0 Å². The van der Waals surface area contributed by atoms with Crippen LogP contribution in [0.3, 0.4) is 0 Å². The zero-order valence-corrected chi connectivity index (χ0v) is 12.6. The number of hydrogen-bond donors (Lipinski definition) is 1. The summed E-state index contributed by atoms with van der Waals surface area (Å²) in [6.45, 7) is 0.477. The van der Waals surface area contributed by atoms with Crippen LogP contribution in [0.5, 0.6) is 0 Å². The third-order valence-electron chi connectivity index (χ3n) is 3.37. The van der Waals surface area contributed by atoms with E-state index in [1.54, 1.807) is 12.3 Å². The van der Waals surface area contributed by atoms with Gasteiger partial charge >= 0.3 is 0 Å². The summed E-state index contributed by atoms with van der Waals surface area (Å²) in [6, 6.07) is 4.24. The van der Waals surface area contributed by atoms with Gasteiger partial charge in [-0.1, -0.05) is 0 Å². The maximum atomic E-state index is 12.0. The van der Waals surface area contributed by atoms with Crippen molar-refractivity contribution in [2.24, 2.45) is 7.05 Å². The molecule has 0 saturated carbocycles. The Bertz CT molecular complexity index is 710. The van der Waals surface area contributed by atoms with Gasteiger partial charge in [0, 0.05) is 45.7 Å². The number of nitro benzene ring substituents is 1. The Morgan fingerprint density at radius 2 is 2.23 bits per heavy atom. The molecule has 2 rings (SSSR count). The van der Waals surface area contributed by atoms with Crippen LogP contribution in [0.25, 0.3) is 0 Å². The van der Waals surface area contributed by atoms with Gasteiger partial charge in [0.1, 0.15) is 5.82 Å². The van der Waals surface area contributed by atoms with Crippen molar-refractivity contribution in [2.75, 3.05) is 19.0 Å². The molecule has 0 spiro atoms. The first-order chi connectivity index (χ1) is 10.4. The SMILES string of the molecule is CNC(=O)c1cc([N+](=O)[O-])ccc1N(C)Cc1nccn1C. The van der Waals surface area contributed by atoms with Crippen LogP contribution >= 0.6 is 0 Å². The van der Waals surface area contributed by atoms with Crippen LogP contribution < -0.4 is 10.2 Å². The molecule has 0 aliphatic heterocycles. The number of rotatable bonds is 5. The minimum Gasteiger partial charge on any atom is -0.366 e. The van der Waals surface area contributed by atoms with Gasteiger partial charge in [0.25, 0.3) is 11.6 Å². The summed E-state index contributed by atoms with van der Waals surface area (Å²) in [4.78, 5) is 28.4. The van der Waals surface area contributed by atoms with Crippen molar-refractivity contribution in [1.82, 2.24) is 14.9 Å². The van der Waals surface area contributed by atoms with Crippen LogP contribution in [-0.4, -0.2) is 34.5 Å². The number of imidazole rings is 1. The van der Waals surface area contributed by atoms with E-state index in [4.69, 9.17) is 0 Å². The van der Waals surface area contributed by atoms with E-state index < -0.39 is 4.92 Å². The van der Waals surface area contributed by atoms with Crippen LogP contribution in [-0.2, 0) is 13.6 Å². The lowest BCUT2D eigenvalue weighted by atomic mass is 10.1. The minimum atomic E-state index is -0.519. The molecule has 116 valence electrons. The molecule has 1 aromatic heterocycles. The number of aromatic nitrogens is 2. The van der Waals surface area contributed by atoms with Gasteiger partial charge in [-0.15, -0.1) is 0 Å². The number of non-ortho nitro benzene ring substituents is 1. The quantitative estimate of drug-likeness (QED) is 0.664. The molecule has 8 heteroatoms. The summed E-state index contributed by atoms with van der Waals surface area (Å²) in [7, 11) is 5.18. The van der Waals surface area contributed by atoms with Crippen molar-refractivity contribution in [2.45, 2.75) is 6.54 Å². The molecule has 8 nitrogen and oxygen atoms in total. The minimum absolute atomic E-state index is 0.118. The molecule has 0 radical (unpaired) electrons. The summed E-state index contributed by atoms with van der Waals surface area (Å²) < 4.78 is 1.88. The maximum absolute atomic E-state index is 12.0. The second kappa shape index (κ2) is 6.25. The third kappa shape index (κ3) is 3.05. The lowest BCUT2D eigenvalue weighted by Gasteiger charge is -2.21. The first-order valence-corrected chi connectivity index (χ1v) is 6.62. The monoisotopic (exact) mass is 303 g/mol. The summed E-state index contributed by atoms with van der Waals surface area (Å²) in [6.07, 6.45) is 3.53. The number of carbonyl (C=O) groups is 1. The number of nitrogens with one attached hydrogen (secondary N) is 1. The van der Waals surface area contributed by atoms with E-state index in [2.05, 4.69) is 10.3 Å². The van der Waals surface area contributed by atoms with E-state index in [-0.39, 0.29) is 17.2 Å². The Hall–Kier alpha value is -2.90. The standard InChI is InChI=1S/C14H17N5O3/c1-15-14(20)11-8-10(19(21)22)4-5-12(11)18(3)9-13-16-6-7-17(13)2/h4-8H,9H2,1-3H3,(H,15,20). The molecular weight excluding hydrogens is 286 g/mol. The highest BCUT2D eigenvalue weighted by molar-refractivity contribution is 6.00. The first-order valence-electron chi connectivity index (χ1n) is 6.62. The first kappa shape index (κ1) is 15.5. The molecule has 2 aromatic rings. The van der Waals surface area contributed by atoms with Crippen molar-refractivity contribution >= 4 is 17.3 Å². The van der Waals surface area contributed by atoms with Gasteiger partial charge in [-0.3, -0.25) is 14.9 Å². The highest BCUT2D eigenvalue weighted by Gasteiger charge is 2.19. The summed E-state index contributed by atoms with van der Waals surface area (Å²) >= 11 is 0. The van der Waals surface area contributed by atoms with Crippen LogP contribution in [0.2, 0.25) is 0 Å². The number of nitrogens with zero attached hydrogens (tertiary/aromatic N) is 4. The van der Waals surface area contributed by atoms with Gasteiger partial charge in [-0.2, -0.15) is 0 Å². The number of anilines is 1. The second-order valence-electron chi connectivity index (χ2n) is 4.85. The lowest BCUT2D eigenvalue weighted by Crippen LogP contribution is -2.25. The van der Waals surface area contributed by atoms with Crippen molar-refractivity contribution in [3.8, 4) is 0 Å². The Morgan fingerprint density at radius 1 is 1.50 bits per heavy atom. The molecule has 0 fully saturated rings. The zero-order chi connectivity index (χ0) is 16.3. The summed E-state index contributed by atoms with van der Waals surface area (Å²) in [5.74, 6) is 0.453. The van der Waals surface area contributed by atoms with E-state index in [1.165, 1.54) is 19.2 Å². The summed E-state index contributed by atoms with van der Waals surface area (Å²) in [5, 5.41) is 13.4. The molecule has 0 saturated heterocycles. The molecular formula is C14H17N5O3. The largest absolute Gasteiger partial charge is 0.366 e. The van der Waals surface area contributed by atoms with Crippen LogP contribution in [0.1, 0.15) is 16.2 Å². The Kier molecular flexibility index (Phi) is 4.40. The molecule has 1 N–H and O–H groups in total. The maximum Gasteiger partial charge on any atom is 0.270 e. The number of amides is 1. The number of nitro groups is 1. The smallest absolute Gasteiger partial charge is 0.270 e. The van der Waals surface area contributed by atoms with Gasteiger partial charge in [-0.05, 0) is 6.07 Å². The van der Waals surface area contributed by atoms with Crippen molar-refractivity contribution < 1.29 is 9.72 Å². The van der Waals surface area contributed by atoms with Crippen LogP contribution in [0.4, 0.5) is 11.4 Å². The fraction of sp³-hybridized carbons (Fsp3) is 0.286. The van der Waals surface area contributed by atoms with Crippen molar-refractivity contribution in [1.29, 1.82) is 0 Å². The fourth-order valence-corrected chi connectivity index (χ4v) is 2.13. The normalized spacial score (nSPS) is 10.3. The molecule has 22 heavy (non-hydrogen) atoms. The average Bonchev–Trinajstić information content (AvgIpc) is 2.90. The van der Waals surface area contributed by atoms with Gasteiger partial charge in [0.05, 0.1) is 22.7 Å². The topological polar surface area (TPSA) is 93.3 Å². The van der Waals surface area contributed by atoms with Crippen molar-refractivity contribution in [3.05, 3.63) is 52.1 Å². The molecule has 0 unspecified atom stereocenters. The van der Waals surface area contributed by atoms with Crippen LogP contribution in [0.15, 0.2) is 30.6 Å². The average molecular weight is 303 g/mol. The van der Waals surface area contributed by atoms with E-state index in [9.17, 15) is 14.9 Å². The number of benzene rings is 1. The number of hydrogen-bond acceptors (Lipinski definition) is 5. The molecule has 1 heterocycles. The predicted molar refractivity (Wildman–Crippen MR) is 81.8 cm³/mol. The molecule has 0 aliphatic rings. The highest BCUT2D eigenvalue weighted by atomic mass is 16.6. The second-order valence-corrected chi connectivity index (χ2v) is 4.85. The molecule has 1 aromatic carbocycles. The molecule has 0 bridgehead atoms. The summed E-state index contributed by atoms with van der Waals surface area (Å²) in [5.41, 5.74) is 0.745. The fourth-order valence-electron chi connectivity index (χ4n) is 2.13. The van der Waals surface area contributed by atoms with E-state index in [0.29, 0.717) is 12.2 Å². The predicted octanol–water partition coefficient (Wildman–Crippen LogP) is 1.32. The van der Waals surface area contributed by atoms with Gasteiger partial charge < -0.3 is 14.8 Å². The van der Waals surface area contributed by atoms with E-state index in [0.717, 1.165) is 5.82 Å². The van der Waals surface area contributed by atoms with Gasteiger partial charge in [0.2, 0.25) is 0 Å². The molecule has 1 amide bonds. The van der Waals surface area contributed by atoms with E-state index >= 15 is 0 Å². The zero-order valence-electron chi connectivity index (χ0n) is 12.6. The third-order valence-corrected chi connectivity index (χ3v) is 3.37. The van der Waals surface area contributed by atoms with Crippen LogP contribution in [0, 0.1) is 10.1 Å². The van der Waals surface area contributed by atoms with Gasteiger partial charge in [-0.25, -0.2) is 4.98 Å². The Balaban J connectivity index is 2.38. The lowest BCUT2D eigenvalue weighted by molar-refractivity contribution is -0.384. The highest BCUT2D eigenvalue weighted by Crippen LogP contribution is 2.25.